The van der Waals surface area contributed by atoms with Crippen molar-refractivity contribution in [1.82, 2.24) is 10.2 Å². The second kappa shape index (κ2) is 4.94. The molecule has 2 unspecified atom stereocenters. The minimum atomic E-state index is 0.223. The van der Waals surface area contributed by atoms with E-state index in [-0.39, 0.29) is 5.92 Å². The molecule has 4 nitrogen and oxygen atoms in total. The van der Waals surface area contributed by atoms with Crippen molar-refractivity contribution in [1.29, 1.82) is 0 Å². The number of nitrogens with one attached hydrogen (secondary N) is 1. The average molecular weight is 238 g/mol. The molecule has 17 heavy (non-hydrogen) atoms. The van der Waals surface area contributed by atoms with Gasteiger partial charge in [0.15, 0.2) is 0 Å². The lowest BCUT2D eigenvalue weighted by Gasteiger charge is -2.30. The molecule has 3 aliphatic rings. The first-order chi connectivity index (χ1) is 8.33. The van der Waals surface area contributed by atoms with Gasteiger partial charge in [0.05, 0.1) is 0 Å². The van der Waals surface area contributed by atoms with E-state index in [1.807, 2.05) is 0 Å². The molecule has 3 aliphatic heterocycles. The lowest BCUT2D eigenvalue weighted by atomic mass is 9.97. The summed E-state index contributed by atoms with van der Waals surface area (Å²) >= 11 is 0. The number of ether oxygens (including phenoxy) is 1. The van der Waals surface area contributed by atoms with Crippen LogP contribution >= 0.6 is 0 Å². The lowest BCUT2D eigenvalue weighted by molar-refractivity contribution is -0.138. The van der Waals surface area contributed by atoms with Crippen molar-refractivity contribution >= 4 is 5.91 Å². The minimum Gasteiger partial charge on any atom is -0.381 e. The lowest BCUT2D eigenvalue weighted by Crippen LogP contribution is -2.43. The number of hydrogen-bond donors (Lipinski definition) is 1. The Bertz CT molecular complexity index is 289. The van der Waals surface area contributed by atoms with Gasteiger partial charge in [0.1, 0.15) is 0 Å². The molecule has 3 rings (SSSR count). The summed E-state index contributed by atoms with van der Waals surface area (Å²) in [7, 11) is 0. The van der Waals surface area contributed by atoms with Gasteiger partial charge in [-0.15, -0.1) is 0 Å². The van der Waals surface area contributed by atoms with Crippen LogP contribution in [-0.2, 0) is 9.53 Å². The monoisotopic (exact) mass is 238 g/mol. The van der Waals surface area contributed by atoms with Gasteiger partial charge in [-0.1, -0.05) is 0 Å². The van der Waals surface area contributed by atoms with Gasteiger partial charge in [-0.3, -0.25) is 4.79 Å². The Balaban J connectivity index is 1.61. The normalized spacial score (nSPS) is 34.7. The minimum absolute atomic E-state index is 0.223. The van der Waals surface area contributed by atoms with E-state index < -0.39 is 0 Å². The summed E-state index contributed by atoms with van der Waals surface area (Å²) in [6.45, 7) is 3.39. The Labute approximate surface area is 103 Å². The van der Waals surface area contributed by atoms with Crippen LogP contribution in [0, 0.1) is 5.92 Å². The molecular formula is C13H22N2O2. The van der Waals surface area contributed by atoms with Gasteiger partial charge < -0.3 is 15.0 Å². The Hall–Kier alpha value is -0.610. The molecule has 3 fully saturated rings. The average Bonchev–Trinajstić information content (AvgIpc) is 2.69. The van der Waals surface area contributed by atoms with Gasteiger partial charge in [0.25, 0.3) is 0 Å². The fourth-order valence-corrected chi connectivity index (χ4v) is 3.35. The maximum atomic E-state index is 12.4. The number of nitrogens with zero attached hydrogens (tertiary/aromatic N) is 1. The van der Waals surface area contributed by atoms with Crippen LogP contribution < -0.4 is 5.32 Å². The zero-order valence-electron chi connectivity index (χ0n) is 10.4. The first kappa shape index (κ1) is 11.5. The van der Waals surface area contributed by atoms with Crippen molar-refractivity contribution in [3.8, 4) is 0 Å². The molecule has 0 aliphatic carbocycles. The third-order valence-electron chi connectivity index (χ3n) is 4.41. The molecule has 0 aromatic heterocycles. The second-order valence-electron chi connectivity index (χ2n) is 5.60. The highest BCUT2D eigenvalue weighted by Crippen LogP contribution is 2.24. The zero-order valence-corrected chi connectivity index (χ0v) is 10.4. The van der Waals surface area contributed by atoms with Gasteiger partial charge in [-0.05, 0) is 32.1 Å². The Morgan fingerprint density at radius 3 is 2.65 bits per heavy atom. The van der Waals surface area contributed by atoms with Crippen molar-refractivity contribution in [2.45, 2.75) is 44.2 Å². The topological polar surface area (TPSA) is 41.6 Å². The molecule has 4 heteroatoms. The van der Waals surface area contributed by atoms with Crippen LogP contribution in [0.15, 0.2) is 0 Å². The number of carbonyl (C=O) groups excluding carboxylic acids is 1. The van der Waals surface area contributed by atoms with Gasteiger partial charge in [0, 0.05) is 44.3 Å². The summed E-state index contributed by atoms with van der Waals surface area (Å²) in [6, 6.07) is 1.21. The molecule has 2 bridgehead atoms. The van der Waals surface area contributed by atoms with E-state index in [1.165, 1.54) is 12.8 Å². The summed E-state index contributed by atoms with van der Waals surface area (Å²) in [4.78, 5) is 14.5. The predicted molar refractivity (Wildman–Crippen MR) is 64.7 cm³/mol. The van der Waals surface area contributed by atoms with Crippen LogP contribution in [0.2, 0.25) is 0 Å². The second-order valence-corrected chi connectivity index (χ2v) is 5.60. The summed E-state index contributed by atoms with van der Waals surface area (Å²) in [5.41, 5.74) is 0. The van der Waals surface area contributed by atoms with Crippen LogP contribution in [-0.4, -0.2) is 49.2 Å². The first-order valence-corrected chi connectivity index (χ1v) is 6.95. The van der Waals surface area contributed by atoms with Crippen LogP contribution in [0.4, 0.5) is 0 Å². The van der Waals surface area contributed by atoms with Gasteiger partial charge in [-0.25, -0.2) is 0 Å². The molecule has 96 valence electrons. The molecule has 0 aromatic rings. The highest BCUT2D eigenvalue weighted by molar-refractivity contribution is 5.79. The van der Waals surface area contributed by atoms with E-state index >= 15 is 0 Å². The molecule has 3 heterocycles. The largest absolute Gasteiger partial charge is 0.381 e. The number of amides is 1. The molecule has 2 atom stereocenters. The van der Waals surface area contributed by atoms with E-state index in [1.54, 1.807) is 0 Å². The first-order valence-electron chi connectivity index (χ1n) is 6.95. The predicted octanol–water partition coefficient (Wildman–Crippen LogP) is 0.766. The Morgan fingerprint density at radius 1 is 1.06 bits per heavy atom. The van der Waals surface area contributed by atoms with Crippen molar-refractivity contribution in [2.24, 2.45) is 5.92 Å². The highest BCUT2D eigenvalue weighted by Gasteiger charge is 2.33. The van der Waals surface area contributed by atoms with Gasteiger partial charge in [-0.2, -0.15) is 0 Å². The van der Waals surface area contributed by atoms with Crippen LogP contribution in [0.25, 0.3) is 0 Å². The van der Waals surface area contributed by atoms with E-state index in [0.717, 1.165) is 45.6 Å². The fraction of sp³-hybridized carbons (Fsp3) is 0.923. The molecule has 0 radical (unpaired) electrons. The summed E-state index contributed by atoms with van der Waals surface area (Å²) in [5.74, 6) is 0.600. The summed E-state index contributed by atoms with van der Waals surface area (Å²) in [6.07, 6.45) is 5.49. The maximum absolute atomic E-state index is 12.4. The fourth-order valence-electron chi connectivity index (χ4n) is 3.35. The number of carbonyl (C=O) groups is 1. The highest BCUT2D eigenvalue weighted by atomic mass is 16.5. The van der Waals surface area contributed by atoms with Crippen LogP contribution in [0.3, 0.4) is 0 Å². The number of rotatable bonds is 1. The molecule has 1 N–H and O–H groups in total. The SMILES string of the molecule is O=C(C1CCOCC1)N1CCC2CCC(C1)N2. The molecule has 1 amide bonds. The van der Waals surface area contributed by atoms with E-state index in [4.69, 9.17) is 4.74 Å². The number of fused-ring (bicyclic) bond motifs is 2. The molecule has 0 saturated carbocycles. The van der Waals surface area contributed by atoms with Crippen molar-refractivity contribution in [3.05, 3.63) is 0 Å². The van der Waals surface area contributed by atoms with Gasteiger partial charge in [0.2, 0.25) is 5.91 Å². The van der Waals surface area contributed by atoms with Crippen molar-refractivity contribution < 1.29 is 9.53 Å². The van der Waals surface area contributed by atoms with E-state index in [0.29, 0.717) is 18.0 Å². The Kier molecular flexibility index (Phi) is 3.34. The summed E-state index contributed by atoms with van der Waals surface area (Å²) < 4.78 is 5.33. The Morgan fingerprint density at radius 2 is 1.82 bits per heavy atom. The van der Waals surface area contributed by atoms with E-state index in [2.05, 4.69) is 10.2 Å². The van der Waals surface area contributed by atoms with Crippen LogP contribution in [0.5, 0.6) is 0 Å². The molecule has 0 aromatic carbocycles. The number of likely N-dealkylation sites (tertiary alicyclic amines) is 1. The standard InChI is InChI=1S/C13H22N2O2/c16-13(10-4-7-17-8-5-10)15-6-3-11-1-2-12(9-15)14-11/h10-12,14H,1-9H2. The molecule has 0 spiro atoms. The molecule has 3 saturated heterocycles. The van der Waals surface area contributed by atoms with Crippen molar-refractivity contribution in [3.63, 3.8) is 0 Å². The molecular weight excluding hydrogens is 216 g/mol. The third kappa shape index (κ3) is 2.47. The smallest absolute Gasteiger partial charge is 0.225 e. The van der Waals surface area contributed by atoms with Gasteiger partial charge >= 0.3 is 0 Å². The summed E-state index contributed by atoms with van der Waals surface area (Å²) in [5, 5.41) is 3.62. The number of hydrogen-bond acceptors (Lipinski definition) is 3. The third-order valence-corrected chi connectivity index (χ3v) is 4.41. The maximum Gasteiger partial charge on any atom is 0.225 e. The van der Waals surface area contributed by atoms with Crippen molar-refractivity contribution in [2.75, 3.05) is 26.3 Å². The quantitative estimate of drug-likeness (QED) is 0.733. The van der Waals surface area contributed by atoms with E-state index in [9.17, 15) is 4.79 Å². The van der Waals surface area contributed by atoms with Crippen LogP contribution in [0.1, 0.15) is 32.1 Å². The zero-order chi connectivity index (χ0) is 11.7.